The van der Waals surface area contributed by atoms with Gasteiger partial charge in [0.25, 0.3) is 0 Å². The highest BCUT2D eigenvalue weighted by molar-refractivity contribution is 7.86. The van der Waals surface area contributed by atoms with Crippen LogP contribution in [0.15, 0.2) is 12.1 Å². The van der Waals surface area contributed by atoms with Gasteiger partial charge in [0, 0.05) is 0 Å². The Labute approximate surface area is 94.4 Å². The smallest absolute Gasteiger partial charge is 0.164 e. The second-order valence-corrected chi connectivity index (χ2v) is 4.58. The van der Waals surface area contributed by atoms with Crippen LogP contribution >= 0.6 is 0 Å². The molecule has 0 saturated heterocycles. The maximum absolute atomic E-state index is 13.5. The Bertz CT molecular complexity index is 424. The van der Waals surface area contributed by atoms with Crippen molar-refractivity contribution in [3.05, 3.63) is 29.3 Å². The molecule has 0 fully saturated rings. The van der Waals surface area contributed by atoms with E-state index in [9.17, 15) is 17.8 Å². The van der Waals surface area contributed by atoms with E-state index in [0.717, 1.165) is 12.1 Å². The molecular formula is C10H12F2NO2S+. The number of carbonyl (C=O) groups is 1. The van der Waals surface area contributed by atoms with Gasteiger partial charge in [0.2, 0.25) is 0 Å². The van der Waals surface area contributed by atoms with Crippen molar-refractivity contribution in [2.24, 2.45) is 0 Å². The predicted molar refractivity (Wildman–Crippen MR) is 60.0 cm³/mol. The first-order valence-corrected chi connectivity index (χ1v) is 6.19. The van der Waals surface area contributed by atoms with Gasteiger partial charge in [-0.15, -0.1) is 0 Å². The van der Waals surface area contributed by atoms with Crippen molar-refractivity contribution in [2.75, 3.05) is 10.5 Å². The molecule has 0 aromatic heterocycles. The molecule has 0 amide bonds. The van der Waals surface area contributed by atoms with Gasteiger partial charge in [-0.25, -0.2) is 13.5 Å². The van der Waals surface area contributed by atoms with Crippen molar-refractivity contribution in [1.82, 2.24) is 0 Å². The number of halogens is 2. The van der Waals surface area contributed by atoms with Gasteiger partial charge >= 0.3 is 0 Å². The lowest BCUT2D eigenvalue weighted by atomic mass is 10.2. The lowest BCUT2D eigenvalue weighted by molar-refractivity contribution is 0.111. The summed E-state index contributed by atoms with van der Waals surface area (Å²) in [6.07, 6.45) is 0.786. The Morgan fingerprint density at radius 1 is 1.44 bits per heavy atom. The normalized spacial score (nSPS) is 12.2. The molecule has 1 rings (SSSR count). The van der Waals surface area contributed by atoms with E-state index in [1.807, 2.05) is 6.92 Å². The highest BCUT2D eigenvalue weighted by atomic mass is 32.2. The Morgan fingerprint density at radius 2 is 2.12 bits per heavy atom. The molecule has 1 N–H and O–H groups in total. The number of nitrogens with one attached hydrogen (secondary N) is 1. The summed E-state index contributed by atoms with van der Waals surface area (Å²) in [4.78, 5) is 10.4. The lowest BCUT2D eigenvalue weighted by Crippen LogP contribution is -2.09. The molecule has 16 heavy (non-hydrogen) atoms. The Hall–Kier alpha value is -1.30. The number of thiol groups is 1. The molecule has 1 aromatic carbocycles. The maximum atomic E-state index is 13.5. The molecule has 0 heterocycles. The zero-order chi connectivity index (χ0) is 12.1. The fraction of sp³-hybridized carbons (Fsp3) is 0.300. The van der Waals surface area contributed by atoms with Crippen molar-refractivity contribution in [3.8, 4) is 0 Å². The van der Waals surface area contributed by atoms with Crippen LogP contribution in [0.5, 0.6) is 0 Å². The standard InChI is InChI=1S/C10H11F2NO2S/c1-2-5-16(15)13-9-4-3-8(11)7(6-14)10(9)12/h3-4,6H,2,5H2,1H3,(H,13,15)/p+1. The third-order valence-electron chi connectivity index (χ3n) is 1.92. The minimum atomic E-state index is -1.78. The summed E-state index contributed by atoms with van der Waals surface area (Å²) in [5.41, 5.74) is -0.761. The summed E-state index contributed by atoms with van der Waals surface area (Å²) < 4.78 is 40.2. The molecule has 0 aliphatic carbocycles. The molecule has 0 spiro atoms. The van der Waals surface area contributed by atoms with Gasteiger partial charge in [-0.3, -0.25) is 4.79 Å². The Kier molecular flexibility index (Phi) is 4.54. The van der Waals surface area contributed by atoms with Crippen LogP contribution in [-0.4, -0.2) is 12.0 Å². The molecule has 6 heteroatoms. The van der Waals surface area contributed by atoms with E-state index >= 15 is 0 Å². The summed E-state index contributed by atoms with van der Waals surface area (Å²) >= 11 is 0. The number of aldehydes is 1. The summed E-state index contributed by atoms with van der Waals surface area (Å²) in [6.45, 7) is 1.84. The van der Waals surface area contributed by atoms with E-state index in [2.05, 4.69) is 4.72 Å². The predicted octanol–water partition coefficient (Wildman–Crippen LogP) is 2.21. The molecule has 1 aromatic rings. The Balaban J connectivity index is 2.98. The molecule has 0 aliphatic rings. The first-order valence-electron chi connectivity index (χ1n) is 4.74. The number of benzene rings is 1. The minimum Gasteiger partial charge on any atom is -0.298 e. The molecule has 88 valence electrons. The number of hydrogen-bond acceptors (Lipinski definition) is 2. The first kappa shape index (κ1) is 12.8. The van der Waals surface area contributed by atoms with Crippen LogP contribution in [0.4, 0.5) is 14.5 Å². The van der Waals surface area contributed by atoms with Gasteiger partial charge in [0.05, 0.1) is 5.56 Å². The molecule has 1 atom stereocenters. The van der Waals surface area contributed by atoms with Gasteiger partial charge in [-0.2, -0.15) is 0 Å². The number of rotatable bonds is 5. The molecule has 3 nitrogen and oxygen atoms in total. The quantitative estimate of drug-likeness (QED) is 0.493. The zero-order valence-corrected chi connectivity index (χ0v) is 9.56. The van der Waals surface area contributed by atoms with Gasteiger partial charge in [-0.1, -0.05) is 11.1 Å². The van der Waals surface area contributed by atoms with Crippen LogP contribution in [0.25, 0.3) is 0 Å². The van der Waals surface area contributed by atoms with Crippen LogP contribution in [-0.2, 0) is 15.2 Å². The van der Waals surface area contributed by atoms with Crippen LogP contribution < -0.4 is 4.72 Å². The van der Waals surface area contributed by atoms with E-state index < -0.39 is 28.2 Å². The third-order valence-corrected chi connectivity index (χ3v) is 3.26. The summed E-state index contributed by atoms with van der Waals surface area (Å²) in [7, 11) is -1.78. The molecule has 0 aliphatic heterocycles. The van der Waals surface area contributed by atoms with Crippen molar-refractivity contribution in [3.63, 3.8) is 0 Å². The van der Waals surface area contributed by atoms with Gasteiger partial charge in [-0.05, 0) is 18.6 Å². The van der Waals surface area contributed by atoms with Crippen molar-refractivity contribution in [1.29, 1.82) is 0 Å². The molecule has 0 saturated carbocycles. The monoisotopic (exact) mass is 248 g/mol. The molecule has 0 radical (unpaired) electrons. The van der Waals surface area contributed by atoms with Crippen LogP contribution in [0.1, 0.15) is 23.7 Å². The van der Waals surface area contributed by atoms with Crippen molar-refractivity contribution < 1.29 is 17.8 Å². The van der Waals surface area contributed by atoms with Crippen LogP contribution in [0, 0.1) is 11.6 Å². The van der Waals surface area contributed by atoms with Crippen molar-refractivity contribution >= 4 is 23.0 Å². The van der Waals surface area contributed by atoms with E-state index in [1.54, 1.807) is 0 Å². The zero-order valence-electron chi connectivity index (χ0n) is 8.67. The van der Waals surface area contributed by atoms with Gasteiger partial charge in [0.15, 0.2) is 23.1 Å². The SMILES string of the molecule is CCC[SH+](=O)Nc1ccc(F)c(C=O)c1F. The van der Waals surface area contributed by atoms with E-state index in [-0.39, 0.29) is 12.0 Å². The number of carbonyl (C=O) groups excluding carboxylic acids is 1. The summed E-state index contributed by atoms with van der Waals surface area (Å²) in [6, 6.07) is 2.09. The summed E-state index contributed by atoms with van der Waals surface area (Å²) in [5, 5.41) is 0. The van der Waals surface area contributed by atoms with Crippen LogP contribution in [0.3, 0.4) is 0 Å². The third kappa shape index (κ3) is 2.85. The summed E-state index contributed by atoms with van der Waals surface area (Å²) in [5.74, 6) is -1.54. The Morgan fingerprint density at radius 3 is 2.69 bits per heavy atom. The fourth-order valence-electron chi connectivity index (χ4n) is 1.16. The van der Waals surface area contributed by atoms with E-state index in [1.165, 1.54) is 0 Å². The van der Waals surface area contributed by atoms with Gasteiger partial charge in [0.1, 0.15) is 17.3 Å². The highest BCUT2D eigenvalue weighted by Crippen LogP contribution is 2.20. The average molecular weight is 248 g/mol. The largest absolute Gasteiger partial charge is 0.298 e. The molecule has 1 unspecified atom stereocenters. The second-order valence-electron chi connectivity index (χ2n) is 3.15. The minimum absolute atomic E-state index is 0.0999. The van der Waals surface area contributed by atoms with Gasteiger partial charge < -0.3 is 0 Å². The van der Waals surface area contributed by atoms with Crippen LogP contribution in [0.2, 0.25) is 0 Å². The maximum Gasteiger partial charge on any atom is 0.164 e. The lowest BCUT2D eigenvalue weighted by Gasteiger charge is -2.04. The average Bonchev–Trinajstić information content (AvgIpc) is 2.23. The second kappa shape index (κ2) is 5.69. The molecule has 0 bridgehead atoms. The van der Waals surface area contributed by atoms with E-state index in [4.69, 9.17) is 0 Å². The first-order chi connectivity index (χ1) is 7.60. The highest BCUT2D eigenvalue weighted by Gasteiger charge is 2.15. The van der Waals surface area contributed by atoms with Crippen molar-refractivity contribution in [2.45, 2.75) is 13.3 Å². The topological polar surface area (TPSA) is 46.2 Å². The molecular weight excluding hydrogens is 236 g/mol. The number of anilines is 1. The number of hydrogen-bond donors (Lipinski definition) is 1. The van der Waals surface area contributed by atoms with E-state index in [0.29, 0.717) is 12.2 Å². The fourth-order valence-corrected chi connectivity index (χ4v) is 2.12.